The Labute approximate surface area is 122 Å². The molecule has 0 saturated heterocycles. The van der Waals surface area contributed by atoms with Crippen molar-refractivity contribution in [1.29, 1.82) is 0 Å². The molecule has 0 aliphatic heterocycles. The van der Waals surface area contributed by atoms with Crippen molar-refractivity contribution in [3.8, 4) is 0 Å². The van der Waals surface area contributed by atoms with Crippen LogP contribution in [0.15, 0.2) is 34.9 Å². The van der Waals surface area contributed by atoms with Crippen molar-refractivity contribution in [3.05, 3.63) is 34.9 Å². The molecule has 2 heteroatoms. The lowest BCUT2D eigenvalue weighted by Gasteiger charge is -2.54. The van der Waals surface area contributed by atoms with Crippen LogP contribution in [0.2, 0.25) is 0 Å². The van der Waals surface area contributed by atoms with E-state index < -0.39 is 0 Å². The molecule has 2 aliphatic rings. The third-order valence-electron chi connectivity index (χ3n) is 4.79. The van der Waals surface area contributed by atoms with Gasteiger partial charge in [-0.3, -0.25) is 0 Å². The monoisotopic (exact) mass is 358 g/mol. The van der Waals surface area contributed by atoms with Crippen LogP contribution in [0.25, 0.3) is 0 Å². The summed E-state index contributed by atoms with van der Waals surface area (Å²) in [5, 5.41) is 0. The van der Waals surface area contributed by atoms with E-state index in [2.05, 4.69) is 64.4 Å². The molecule has 2 rings (SSSR count). The van der Waals surface area contributed by atoms with E-state index in [0.29, 0.717) is 4.83 Å². The highest BCUT2D eigenvalue weighted by atomic mass is 79.9. The van der Waals surface area contributed by atoms with E-state index in [-0.39, 0.29) is 10.8 Å². The Balaban J connectivity index is 2.43. The average Bonchev–Trinajstić information content (AvgIpc) is 2.33. The lowest BCUT2D eigenvalue weighted by atomic mass is 9.52. The van der Waals surface area contributed by atoms with Gasteiger partial charge in [-0.2, -0.15) is 0 Å². The van der Waals surface area contributed by atoms with Crippen LogP contribution >= 0.6 is 31.9 Å². The number of hydrogen-bond acceptors (Lipinski definition) is 0. The molecule has 2 aliphatic carbocycles. The molecule has 0 heterocycles. The van der Waals surface area contributed by atoms with E-state index in [9.17, 15) is 0 Å². The van der Waals surface area contributed by atoms with Gasteiger partial charge >= 0.3 is 0 Å². The van der Waals surface area contributed by atoms with Gasteiger partial charge in [-0.05, 0) is 41.7 Å². The topological polar surface area (TPSA) is 0 Å². The molecule has 1 fully saturated rings. The molecule has 0 aromatic carbocycles. The Morgan fingerprint density at radius 3 is 2.65 bits per heavy atom. The van der Waals surface area contributed by atoms with E-state index in [4.69, 9.17) is 0 Å². The second-order valence-corrected chi connectivity index (χ2v) is 7.38. The fourth-order valence-corrected chi connectivity index (χ4v) is 4.32. The first-order valence-electron chi connectivity index (χ1n) is 6.25. The maximum Gasteiger partial charge on any atom is 0.0211 e. The normalized spacial score (nSPS) is 38.9. The zero-order chi connectivity index (χ0) is 12.7. The van der Waals surface area contributed by atoms with Crippen LogP contribution in [0, 0.1) is 10.8 Å². The summed E-state index contributed by atoms with van der Waals surface area (Å²) in [5.41, 5.74) is 3.23. The Kier molecular flexibility index (Phi) is 3.76. The van der Waals surface area contributed by atoms with E-state index in [1.807, 2.05) is 4.99 Å². The summed E-state index contributed by atoms with van der Waals surface area (Å²) in [6.45, 7) is 9.13. The molecule has 1 saturated carbocycles. The van der Waals surface area contributed by atoms with Gasteiger partial charge in [-0.25, -0.2) is 0 Å². The SMILES string of the molecule is C=C1CC[C@@H](Br)C(C)(C)C12C=C/C(=C\Br)CC2. The maximum absolute atomic E-state index is 4.37. The zero-order valence-electron chi connectivity index (χ0n) is 10.6. The van der Waals surface area contributed by atoms with Crippen molar-refractivity contribution in [2.45, 2.75) is 44.4 Å². The second kappa shape index (κ2) is 4.70. The standard InChI is InChI=1S/C15H20Br2/c1-11-4-5-13(17)14(2,3)15(11)8-6-12(10-16)7-9-15/h6,8,10,13H,1,4-5,7,9H2,2-3H3/b12-10+/t13-,15?/m1/s1. The summed E-state index contributed by atoms with van der Waals surface area (Å²) in [6.07, 6.45) is 9.37. The van der Waals surface area contributed by atoms with Gasteiger partial charge in [0.1, 0.15) is 0 Å². The number of halogens is 2. The minimum atomic E-state index is 0.179. The Morgan fingerprint density at radius 2 is 2.12 bits per heavy atom. The molecule has 0 aromatic heterocycles. The first-order chi connectivity index (χ1) is 7.94. The molecule has 1 spiro atoms. The van der Waals surface area contributed by atoms with E-state index in [1.165, 1.54) is 24.0 Å². The van der Waals surface area contributed by atoms with Crippen molar-refractivity contribution in [3.63, 3.8) is 0 Å². The second-order valence-electron chi connectivity index (χ2n) is 5.82. The molecule has 0 amide bonds. The number of rotatable bonds is 0. The van der Waals surface area contributed by atoms with Crippen LogP contribution in [0.4, 0.5) is 0 Å². The first kappa shape index (κ1) is 13.6. The summed E-state index contributed by atoms with van der Waals surface area (Å²) in [4.78, 5) is 2.63. The van der Waals surface area contributed by atoms with E-state index >= 15 is 0 Å². The van der Waals surface area contributed by atoms with Crippen LogP contribution in [0.1, 0.15) is 39.5 Å². The minimum Gasteiger partial charge on any atom is -0.0990 e. The molecule has 0 nitrogen and oxygen atoms in total. The summed E-state index contributed by atoms with van der Waals surface area (Å²) >= 11 is 7.32. The fourth-order valence-electron chi connectivity index (χ4n) is 3.30. The zero-order valence-corrected chi connectivity index (χ0v) is 13.8. The number of alkyl halides is 1. The van der Waals surface area contributed by atoms with Crippen LogP contribution in [-0.2, 0) is 0 Å². The van der Waals surface area contributed by atoms with Crippen LogP contribution in [0.3, 0.4) is 0 Å². The Hall–Kier alpha value is 0.180. The maximum atomic E-state index is 4.37. The molecule has 0 N–H and O–H groups in total. The molecular formula is C15H20Br2. The highest BCUT2D eigenvalue weighted by molar-refractivity contribution is 9.11. The van der Waals surface area contributed by atoms with Crippen molar-refractivity contribution in [1.82, 2.24) is 0 Å². The molecule has 1 unspecified atom stereocenters. The predicted octanol–water partition coefficient (Wildman–Crippen LogP) is 5.74. The molecule has 2 atom stereocenters. The van der Waals surface area contributed by atoms with Gasteiger partial charge in [-0.1, -0.05) is 70.0 Å². The molecule has 0 radical (unpaired) electrons. The summed E-state index contributed by atoms with van der Waals surface area (Å²) < 4.78 is 0. The largest absolute Gasteiger partial charge is 0.0990 e. The first-order valence-corrected chi connectivity index (χ1v) is 8.08. The number of hydrogen-bond donors (Lipinski definition) is 0. The lowest BCUT2D eigenvalue weighted by molar-refractivity contribution is 0.115. The summed E-state index contributed by atoms with van der Waals surface area (Å²) in [6, 6.07) is 0. The summed E-state index contributed by atoms with van der Waals surface area (Å²) in [5.74, 6) is 0. The van der Waals surface area contributed by atoms with Gasteiger partial charge in [-0.15, -0.1) is 0 Å². The van der Waals surface area contributed by atoms with Gasteiger partial charge in [0.2, 0.25) is 0 Å². The number of allylic oxidation sites excluding steroid dienone is 4. The van der Waals surface area contributed by atoms with E-state index in [1.54, 1.807) is 0 Å². The highest BCUT2D eigenvalue weighted by Gasteiger charge is 2.51. The van der Waals surface area contributed by atoms with E-state index in [0.717, 1.165) is 12.8 Å². The van der Waals surface area contributed by atoms with Gasteiger partial charge < -0.3 is 0 Å². The minimum absolute atomic E-state index is 0.179. The Bertz CT molecular complexity index is 390. The van der Waals surface area contributed by atoms with Gasteiger partial charge in [0.25, 0.3) is 0 Å². The van der Waals surface area contributed by atoms with Crippen LogP contribution in [-0.4, -0.2) is 4.83 Å². The fraction of sp³-hybridized carbons (Fsp3) is 0.600. The van der Waals surface area contributed by atoms with Gasteiger partial charge in [0.15, 0.2) is 0 Å². The third kappa shape index (κ3) is 2.02. The Morgan fingerprint density at radius 1 is 1.41 bits per heavy atom. The molecule has 0 bridgehead atoms. The average molecular weight is 360 g/mol. The van der Waals surface area contributed by atoms with Crippen LogP contribution in [0.5, 0.6) is 0 Å². The molecule has 0 aromatic rings. The predicted molar refractivity (Wildman–Crippen MR) is 82.7 cm³/mol. The smallest absolute Gasteiger partial charge is 0.0211 e. The lowest BCUT2D eigenvalue weighted by Crippen LogP contribution is -2.47. The molecule has 94 valence electrons. The van der Waals surface area contributed by atoms with Crippen molar-refractivity contribution in [2.24, 2.45) is 10.8 Å². The van der Waals surface area contributed by atoms with Crippen LogP contribution < -0.4 is 0 Å². The van der Waals surface area contributed by atoms with Crippen molar-refractivity contribution >= 4 is 31.9 Å². The highest BCUT2D eigenvalue weighted by Crippen LogP contribution is 2.60. The summed E-state index contributed by atoms with van der Waals surface area (Å²) in [7, 11) is 0. The quantitative estimate of drug-likeness (QED) is 0.382. The van der Waals surface area contributed by atoms with Gasteiger partial charge in [0, 0.05) is 10.2 Å². The molecular weight excluding hydrogens is 340 g/mol. The molecule has 17 heavy (non-hydrogen) atoms. The third-order valence-corrected chi connectivity index (χ3v) is 6.98. The van der Waals surface area contributed by atoms with Crippen molar-refractivity contribution in [2.75, 3.05) is 0 Å². The van der Waals surface area contributed by atoms with Crippen molar-refractivity contribution < 1.29 is 0 Å². The van der Waals surface area contributed by atoms with Gasteiger partial charge in [0.05, 0.1) is 0 Å².